The first kappa shape index (κ1) is 17.9. The summed E-state index contributed by atoms with van der Waals surface area (Å²) in [7, 11) is 0. The van der Waals surface area contributed by atoms with Gasteiger partial charge < -0.3 is 24.5 Å². The molecule has 0 spiro atoms. The van der Waals surface area contributed by atoms with Gasteiger partial charge in [-0.1, -0.05) is 19.8 Å². The van der Waals surface area contributed by atoms with Crippen LogP contribution in [0.1, 0.15) is 58.3 Å². The summed E-state index contributed by atoms with van der Waals surface area (Å²) >= 11 is 0. The number of aldehydes is 1. The zero-order chi connectivity index (χ0) is 16.0. The van der Waals surface area contributed by atoms with Crippen LogP contribution in [0.25, 0.3) is 0 Å². The second-order valence-corrected chi connectivity index (χ2v) is 6.70. The second-order valence-electron chi connectivity index (χ2n) is 6.70. The SMILES string of the molecule is CCCCCC1(CC[C@@H]2[C@@H](CC=O)[C@@H](O)C[C@H]2O)OCCO1. The third-order valence-corrected chi connectivity index (χ3v) is 5.22. The van der Waals surface area contributed by atoms with E-state index in [0.717, 1.165) is 44.8 Å². The fourth-order valence-electron chi connectivity index (χ4n) is 3.96. The Morgan fingerprint density at radius 2 is 1.77 bits per heavy atom. The molecule has 0 amide bonds. The number of hydrogen-bond acceptors (Lipinski definition) is 5. The molecule has 1 aliphatic carbocycles. The molecule has 0 aromatic carbocycles. The predicted molar refractivity (Wildman–Crippen MR) is 82.3 cm³/mol. The van der Waals surface area contributed by atoms with Crippen LogP contribution in [0, 0.1) is 11.8 Å². The molecule has 0 aromatic heterocycles. The zero-order valence-corrected chi connectivity index (χ0v) is 13.6. The Morgan fingerprint density at radius 1 is 1.09 bits per heavy atom. The van der Waals surface area contributed by atoms with E-state index in [1.54, 1.807) is 0 Å². The molecule has 1 aliphatic heterocycles. The minimum absolute atomic E-state index is 0.0453. The van der Waals surface area contributed by atoms with Crippen LogP contribution in [0.4, 0.5) is 0 Å². The van der Waals surface area contributed by atoms with Crippen molar-refractivity contribution in [2.75, 3.05) is 13.2 Å². The van der Waals surface area contributed by atoms with Gasteiger partial charge in [-0.3, -0.25) is 0 Å². The molecule has 5 heteroatoms. The molecule has 0 radical (unpaired) electrons. The van der Waals surface area contributed by atoms with Gasteiger partial charge in [-0.15, -0.1) is 0 Å². The van der Waals surface area contributed by atoms with Crippen LogP contribution in [0.15, 0.2) is 0 Å². The minimum Gasteiger partial charge on any atom is -0.393 e. The van der Waals surface area contributed by atoms with E-state index in [-0.39, 0.29) is 11.8 Å². The summed E-state index contributed by atoms with van der Waals surface area (Å²) in [5, 5.41) is 20.2. The molecule has 1 saturated carbocycles. The Labute approximate surface area is 133 Å². The van der Waals surface area contributed by atoms with Crippen molar-refractivity contribution < 1.29 is 24.5 Å². The molecule has 4 atom stereocenters. The molecule has 0 unspecified atom stereocenters. The van der Waals surface area contributed by atoms with E-state index in [1.165, 1.54) is 0 Å². The van der Waals surface area contributed by atoms with Gasteiger partial charge >= 0.3 is 0 Å². The molecule has 0 bridgehead atoms. The summed E-state index contributed by atoms with van der Waals surface area (Å²) in [6, 6.07) is 0. The predicted octanol–water partition coefficient (Wildman–Crippen LogP) is 2.04. The van der Waals surface area contributed by atoms with Gasteiger partial charge in [-0.05, 0) is 31.1 Å². The maximum atomic E-state index is 10.8. The molecule has 0 aromatic rings. The third kappa shape index (κ3) is 4.28. The van der Waals surface area contributed by atoms with Crippen LogP contribution >= 0.6 is 0 Å². The van der Waals surface area contributed by atoms with Crippen molar-refractivity contribution >= 4 is 6.29 Å². The summed E-state index contributed by atoms with van der Waals surface area (Å²) in [4.78, 5) is 10.8. The van der Waals surface area contributed by atoms with Gasteiger partial charge in [0.1, 0.15) is 6.29 Å². The lowest BCUT2D eigenvalue weighted by molar-refractivity contribution is -0.171. The summed E-state index contributed by atoms with van der Waals surface area (Å²) in [6.45, 7) is 3.42. The van der Waals surface area contributed by atoms with Crippen molar-refractivity contribution in [1.82, 2.24) is 0 Å². The number of rotatable bonds is 9. The van der Waals surface area contributed by atoms with Crippen molar-refractivity contribution in [2.24, 2.45) is 11.8 Å². The van der Waals surface area contributed by atoms with E-state index < -0.39 is 18.0 Å². The van der Waals surface area contributed by atoms with Crippen molar-refractivity contribution in [1.29, 1.82) is 0 Å². The third-order valence-electron chi connectivity index (χ3n) is 5.22. The molecule has 128 valence electrons. The number of carbonyl (C=O) groups excluding carboxylic acids is 1. The van der Waals surface area contributed by atoms with Crippen LogP contribution in [-0.4, -0.2) is 47.7 Å². The first-order valence-electron chi connectivity index (χ1n) is 8.69. The Bertz CT molecular complexity index is 340. The molecule has 22 heavy (non-hydrogen) atoms. The number of ether oxygens (including phenoxy) is 2. The van der Waals surface area contributed by atoms with E-state index in [9.17, 15) is 15.0 Å². The van der Waals surface area contributed by atoms with Crippen LogP contribution in [0.2, 0.25) is 0 Å². The summed E-state index contributed by atoms with van der Waals surface area (Å²) in [5.41, 5.74) is 0. The summed E-state index contributed by atoms with van der Waals surface area (Å²) in [6.07, 6.45) is 6.14. The fourth-order valence-corrected chi connectivity index (χ4v) is 3.96. The maximum Gasteiger partial charge on any atom is 0.168 e. The molecule has 5 nitrogen and oxygen atoms in total. The largest absolute Gasteiger partial charge is 0.393 e. The second kappa shape index (κ2) is 8.39. The Morgan fingerprint density at radius 3 is 2.41 bits per heavy atom. The highest BCUT2D eigenvalue weighted by atomic mass is 16.7. The van der Waals surface area contributed by atoms with Crippen LogP contribution in [-0.2, 0) is 14.3 Å². The Balaban J connectivity index is 1.91. The topological polar surface area (TPSA) is 76.0 Å². The van der Waals surface area contributed by atoms with Gasteiger partial charge in [0.05, 0.1) is 25.4 Å². The average Bonchev–Trinajstić information content (AvgIpc) is 3.05. The molecule has 1 heterocycles. The molecular weight excluding hydrogens is 284 g/mol. The van der Waals surface area contributed by atoms with Crippen LogP contribution < -0.4 is 0 Å². The monoisotopic (exact) mass is 314 g/mol. The van der Waals surface area contributed by atoms with E-state index in [1.807, 2.05) is 0 Å². The lowest BCUT2D eigenvalue weighted by atomic mass is 9.85. The molecular formula is C17H30O5. The summed E-state index contributed by atoms with van der Waals surface area (Å²) in [5.74, 6) is -0.702. The van der Waals surface area contributed by atoms with Gasteiger partial charge in [0.15, 0.2) is 5.79 Å². The smallest absolute Gasteiger partial charge is 0.168 e. The molecule has 2 aliphatic rings. The standard InChI is InChI=1S/C17H30O5/c1-2-3-4-7-17(21-10-11-22-17)8-5-13-14(6-9-18)16(20)12-15(13)19/h9,13-16,19-20H,2-8,10-12H2,1H3/t13-,14-,15-,16+/m1/s1. The normalized spacial score (nSPS) is 34.1. The summed E-state index contributed by atoms with van der Waals surface area (Å²) < 4.78 is 11.7. The molecule has 2 rings (SSSR count). The highest BCUT2D eigenvalue weighted by Crippen LogP contribution is 2.40. The van der Waals surface area contributed by atoms with Gasteiger partial charge in [0.2, 0.25) is 0 Å². The molecule has 2 fully saturated rings. The van der Waals surface area contributed by atoms with Crippen molar-refractivity contribution in [3.05, 3.63) is 0 Å². The van der Waals surface area contributed by atoms with Crippen molar-refractivity contribution in [3.8, 4) is 0 Å². The maximum absolute atomic E-state index is 10.8. The van der Waals surface area contributed by atoms with Gasteiger partial charge in [0, 0.05) is 19.3 Å². The van der Waals surface area contributed by atoms with E-state index in [0.29, 0.717) is 26.1 Å². The average molecular weight is 314 g/mol. The number of carbonyl (C=O) groups is 1. The van der Waals surface area contributed by atoms with Crippen molar-refractivity contribution in [3.63, 3.8) is 0 Å². The number of aliphatic hydroxyl groups excluding tert-OH is 2. The molecule has 2 N–H and O–H groups in total. The van der Waals surface area contributed by atoms with E-state index in [2.05, 4.69) is 6.92 Å². The fraction of sp³-hybridized carbons (Fsp3) is 0.941. The van der Waals surface area contributed by atoms with Crippen LogP contribution in [0.3, 0.4) is 0 Å². The van der Waals surface area contributed by atoms with Gasteiger partial charge in [-0.2, -0.15) is 0 Å². The van der Waals surface area contributed by atoms with Gasteiger partial charge in [0.25, 0.3) is 0 Å². The van der Waals surface area contributed by atoms with Crippen molar-refractivity contribution in [2.45, 2.75) is 76.3 Å². The molecule has 1 saturated heterocycles. The number of hydrogen-bond donors (Lipinski definition) is 2. The Kier molecular flexibility index (Phi) is 6.81. The first-order chi connectivity index (χ1) is 10.6. The zero-order valence-electron chi connectivity index (χ0n) is 13.6. The Hall–Kier alpha value is -0.490. The van der Waals surface area contributed by atoms with Gasteiger partial charge in [-0.25, -0.2) is 0 Å². The first-order valence-corrected chi connectivity index (χ1v) is 8.69. The quantitative estimate of drug-likeness (QED) is 0.503. The number of aliphatic hydroxyl groups is 2. The van der Waals surface area contributed by atoms with E-state index in [4.69, 9.17) is 9.47 Å². The lowest BCUT2D eigenvalue weighted by Crippen LogP contribution is -2.33. The number of unbranched alkanes of at least 4 members (excludes halogenated alkanes) is 2. The highest BCUT2D eigenvalue weighted by Gasteiger charge is 2.44. The highest BCUT2D eigenvalue weighted by molar-refractivity contribution is 5.50. The van der Waals surface area contributed by atoms with Crippen LogP contribution in [0.5, 0.6) is 0 Å². The lowest BCUT2D eigenvalue weighted by Gasteiger charge is -2.30. The van der Waals surface area contributed by atoms with E-state index >= 15 is 0 Å². The minimum atomic E-state index is -0.577.